The lowest BCUT2D eigenvalue weighted by molar-refractivity contribution is -0.148. The molecule has 1 fully saturated rings. The number of halogens is 2. The summed E-state index contributed by atoms with van der Waals surface area (Å²) in [4.78, 5) is 43.6. The zero-order valence-corrected chi connectivity index (χ0v) is 23.3. The first-order valence-electron chi connectivity index (χ1n) is 13.7. The number of benzene rings is 4. The van der Waals surface area contributed by atoms with Crippen molar-refractivity contribution in [3.05, 3.63) is 130 Å². The number of fused-ring (bicyclic) bond motifs is 1. The summed E-state index contributed by atoms with van der Waals surface area (Å²) in [6.07, 6.45) is 0. The second kappa shape index (κ2) is 10.7. The van der Waals surface area contributed by atoms with Crippen LogP contribution in [0.25, 0.3) is 0 Å². The van der Waals surface area contributed by atoms with Crippen LogP contribution in [0.4, 0.5) is 8.78 Å². The average molecular weight is 584 g/mol. The van der Waals surface area contributed by atoms with Crippen LogP contribution in [-0.2, 0) is 4.79 Å². The number of hydrogen-bond acceptors (Lipinski definition) is 5. The minimum Gasteiger partial charge on any atom is -0.479 e. The zero-order valence-electron chi connectivity index (χ0n) is 23.3. The Morgan fingerprint density at radius 3 is 2.19 bits per heavy atom. The monoisotopic (exact) mass is 583 g/mol. The molecule has 0 bridgehead atoms. The van der Waals surface area contributed by atoms with Gasteiger partial charge in [0, 0.05) is 17.0 Å². The molecule has 0 aromatic heterocycles. The maximum atomic E-state index is 14.6. The molecule has 9 heteroatoms. The van der Waals surface area contributed by atoms with Crippen molar-refractivity contribution in [2.24, 2.45) is 5.92 Å². The van der Waals surface area contributed by atoms with Crippen molar-refractivity contribution in [3.8, 4) is 11.5 Å². The number of carbonyl (C=O) groups excluding carboxylic acids is 2. The first-order chi connectivity index (χ1) is 20.6. The first kappa shape index (κ1) is 28.1. The van der Waals surface area contributed by atoms with E-state index in [0.29, 0.717) is 28.2 Å². The highest BCUT2D eigenvalue weighted by atomic mass is 19.1. The van der Waals surface area contributed by atoms with Gasteiger partial charge in [0.15, 0.2) is 17.3 Å². The highest BCUT2D eigenvalue weighted by Gasteiger charge is 2.65. The predicted molar refractivity (Wildman–Crippen MR) is 152 cm³/mol. The van der Waals surface area contributed by atoms with Crippen LogP contribution in [0.5, 0.6) is 11.5 Å². The van der Waals surface area contributed by atoms with E-state index in [9.17, 15) is 28.3 Å². The van der Waals surface area contributed by atoms with Gasteiger partial charge in [0.25, 0.3) is 5.91 Å². The van der Waals surface area contributed by atoms with Gasteiger partial charge >= 0.3 is 5.97 Å². The summed E-state index contributed by atoms with van der Waals surface area (Å²) in [5, 5.41) is 10.9. The van der Waals surface area contributed by atoms with Crippen molar-refractivity contribution < 1.29 is 37.7 Å². The highest BCUT2D eigenvalue weighted by molar-refractivity contribution is 6.04. The third kappa shape index (κ3) is 4.70. The fraction of sp³-hybridized carbons (Fsp3) is 0.206. The fourth-order valence-electron chi connectivity index (χ4n) is 6.41. The van der Waals surface area contributed by atoms with Crippen LogP contribution < -0.4 is 9.47 Å². The molecule has 218 valence electrons. The molecule has 1 amide bonds. The Morgan fingerprint density at radius 1 is 0.814 bits per heavy atom. The molecule has 43 heavy (non-hydrogen) atoms. The Hall–Kier alpha value is -5.05. The number of amides is 1. The van der Waals surface area contributed by atoms with Crippen LogP contribution >= 0.6 is 0 Å². The Kier molecular flexibility index (Phi) is 6.96. The SMILES string of the molecule is Cc1cccc(C(=O)C2C(c3ccc4c(c3)OCO4)N(C(=O)c3cccc(F)c3)C(C)(C(=O)O)C2c2ccc(F)cc2)c1. The van der Waals surface area contributed by atoms with Gasteiger partial charge in [0.2, 0.25) is 6.79 Å². The lowest BCUT2D eigenvalue weighted by Gasteiger charge is -2.38. The zero-order chi connectivity index (χ0) is 30.5. The Balaban J connectivity index is 1.65. The summed E-state index contributed by atoms with van der Waals surface area (Å²) in [6, 6.07) is 20.9. The Bertz CT molecular complexity index is 1760. The predicted octanol–water partition coefficient (Wildman–Crippen LogP) is 6.33. The smallest absolute Gasteiger partial charge is 0.330 e. The van der Waals surface area contributed by atoms with Crippen LogP contribution in [0.15, 0.2) is 91.0 Å². The molecule has 7 nitrogen and oxygen atoms in total. The van der Waals surface area contributed by atoms with Crippen molar-refractivity contribution in [2.75, 3.05) is 6.79 Å². The Labute approximate surface area is 246 Å². The summed E-state index contributed by atoms with van der Waals surface area (Å²) >= 11 is 0. The van der Waals surface area contributed by atoms with E-state index in [1.165, 1.54) is 49.4 Å². The van der Waals surface area contributed by atoms with Crippen molar-refractivity contribution in [3.63, 3.8) is 0 Å². The molecule has 0 aliphatic carbocycles. The lowest BCUT2D eigenvalue weighted by atomic mass is 9.71. The van der Waals surface area contributed by atoms with Crippen molar-refractivity contribution in [2.45, 2.75) is 31.3 Å². The molecule has 1 N–H and O–H groups in total. The van der Waals surface area contributed by atoms with E-state index in [1.54, 1.807) is 36.4 Å². The topological polar surface area (TPSA) is 93.1 Å². The second-order valence-corrected chi connectivity index (χ2v) is 11.0. The lowest BCUT2D eigenvalue weighted by Crippen LogP contribution is -2.54. The van der Waals surface area contributed by atoms with Crippen LogP contribution in [0, 0.1) is 24.5 Å². The van der Waals surface area contributed by atoms with E-state index in [0.717, 1.165) is 16.5 Å². The number of ether oxygens (including phenoxy) is 2. The van der Waals surface area contributed by atoms with Gasteiger partial charge in [-0.3, -0.25) is 9.59 Å². The van der Waals surface area contributed by atoms with Gasteiger partial charge in [-0.1, -0.05) is 48.0 Å². The fourth-order valence-corrected chi connectivity index (χ4v) is 6.41. The van der Waals surface area contributed by atoms with Gasteiger partial charge in [-0.05, 0) is 73.5 Å². The molecular formula is C34H27F2NO6. The van der Waals surface area contributed by atoms with E-state index in [2.05, 4.69) is 0 Å². The summed E-state index contributed by atoms with van der Waals surface area (Å²) in [5.41, 5.74) is -0.188. The first-order valence-corrected chi connectivity index (χ1v) is 13.7. The molecular weight excluding hydrogens is 556 g/mol. The molecule has 4 atom stereocenters. The molecule has 1 saturated heterocycles. The minimum absolute atomic E-state index is 0.0217. The average Bonchev–Trinajstić information content (AvgIpc) is 3.57. The largest absolute Gasteiger partial charge is 0.479 e. The number of carboxylic acids is 1. The van der Waals surface area contributed by atoms with Crippen molar-refractivity contribution in [1.29, 1.82) is 0 Å². The van der Waals surface area contributed by atoms with Gasteiger partial charge in [0.1, 0.15) is 17.2 Å². The quantitative estimate of drug-likeness (QED) is 0.267. The number of hydrogen-bond donors (Lipinski definition) is 1. The molecule has 0 radical (unpaired) electrons. The van der Waals surface area contributed by atoms with Gasteiger partial charge < -0.3 is 19.5 Å². The van der Waals surface area contributed by atoms with Crippen LogP contribution in [0.1, 0.15) is 56.3 Å². The standard InChI is InChI=1S/C34H27F2NO6/c1-19-5-3-6-22(15-19)31(38)28-29(20-9-12-24(35)13-10-20)34(2,33(40)41)37(32(39)23-7-4-8-25(36)16-23)30(28)21-11-14-26-27(17-21)43-18-42-26/h3-17,28-30H,18H2,1-2H3,(H,40,41). The maximum Gasteiger partial charge on any atom is 0.330 e. The number of Topliss-reactive ketones (excluding diaryl/α,β-unsaturated/α-hetero) is 1. The molecule has 4 unspecified atom stereocenters. The normalized spacial score (nSPS) is 22.4. The van der Waals surface area contributed by atoms with Gasteiger partial charge in [-0.2, -0.15) is 0 Å². The molecule has 4 aromatic rings. The van der Waals surface area contributed by atoms with Crippen molar-refractivity contribution in [1.82, 2.24) is 4.90 Å². The van der Waals surface area contributed by atoms with E-state index in [1.807, 2.05) is 13.0 Å². The number of carbonyl (C=O) groups is 3. The van der Waals surface area contributed by atoms with E-state index in [4.69, 9.17) is 9.47 Å². The summed E-state index contributed by atoms with van der Waals surface area (Å²) in [6.45, 7) is 3.19. The Morgan fingerprint density at radius 2 is 1.49 bits per heavy atom. The van der Waals surface area contributed by atoms with E-state index in [-0.39, 0.29) is 12.4 Å². The van der Waals surface area contributed by atoms with Gasteiger partial charge in [-0.15, -0.1) is 0 Å². The van der Waals surface area contributed by atoms with E-state index < -0.39 is 52.7 Å². The van der Waals surface area contributed by atoms with Crippen molar-refractivity contribution >= 4 is 17.7 Å². The van der Waals surface area contributed by atoms with Crippen LogP contribution in [-0.4, -0.2) is 40.0 Å². The van der Waals surface area contributed by atoms with E-state index >= 15 is 0 Å². The molecule has 4 aromatic carbocycles. The number of rotatable bonds is 6. The number of carboxylic acid groups (broad SMARTS) is 1. The van der Waals surface area contributed by atoms with Gasteiger partial charge in [0.05, 0.1) is 12.0 Å². The summed E-state index contributed by atoms with van der Waals surface area (Å²) < 4.78 is 39.6. The molecule has 0 saturated carbocycles. The number of aliphatic carboxylic acids is 1. The number of aryl methyl sites for hydroxylation is 1. The number of nitrogens with zero attached hydrogens (tertiary/aromatic N) is 1. The molecule has 2 heterocycles. The molecule has 2 aliphatic rings. The van der Waals surface area contributed by atoms with Crippen LogP contribution in [0.3, 0.4) is 0 Å². The molecule has 0 spiro atoms. The second-order valence-electron chi connectivity index (χ2n) is 11.0. The molecule has 2 aliphatic heterocycles. The third-order valence-electron chi connectivity index (χ3n) is 8.38. The number of likely N-dealkylation sites (tertiary alicyclic amines) is 1. The van der Waals surface area contributed by atoms with Crippen LogP contribution in [0.2, 0.25) is 0 Å². The number of ketones is 1. The maximum absolute atomic E-state index is 14.6. The summed E-state index contributed by atoms with van der Waals surface area (Å²) in [5.74, 6) is -5.22. The highest BCUT2D eigenvalue weighted by Crippen LogP contribution is 2.57. The van der Waals surface area contributed by atoms with Gasteiger partial charge in [-0.25, -0.2) is 13.6 Å². The third-order valence-corrected chi connectivity index (χ3v) is 8.38. The minimum atomic E-state index is -2.04. The molecule has 6 rings (SSSR count). The summed E-state index contributed by atoms with van der Waals surface area (Å²) in [7, 11) is 0.